The summed E-state index contributed by atoms with van der Waals surface area (Å²) in [6, 6.07) is 13.1. The van der Waals surface area contributed by atoms with Crippen molar-refractivity contribution in [3.05, 3.63) is 88.0 Å². The first kappa shape index (κ1) is 19.7. The molecule has 0 saturated heterocycles. The van der Waals surface area contributed by atoms with Crippen LogP contribution in [-0.4, -0.2) is 27.5 Å². The van der Waals surface area contributed by atoms with Gasteiger partial charge in [0.25, 0.3) is 5.91 Å². The highest BCUT2D eigenvalue weighted by Crippen LogP contribution is 2.43. The summed E-state index contributed by atoms with van der Waals surface area (Å²) in [7, 11) is 0. The molecule has 1 saturated carbocycles. The van der Waals surface area contributed by atoms with E-state index in [1.54, 1.807) is 24.3 Å². The normalized spacial score (nSPS) is 20.4. The number of carbonyl (C=O) groups is 2. The molecular formula is C25H24FN3O2. The van der Waals surface area contributed by atoms with Crippen molar-refractivity contribution in [1.82, 2.24) is 15.1 Å². The first-order valence-corrected chi connectivity index (χ1v) is 10.7. The van der Waals surface area contributed by atoms with Gasteiger partial charge < -0.3 is 5.32 Å². The molecule has 2 aliphatic carbocycles. The van der Waals surface area contributed by atoms with Crippen molar-refractivity contribution in [2.45, 2.75) is 51.1 Å². The Bertz CT molecular complexity index is 1180. The zero-order valence-corrected chi connectivity index (χ0v) is 17.6. The standard InChI is InChI=1S/C25H24FN3O2/c1-14-4-3-5-17(12-14)25(31)27-24-21(30)13-20-22(15(2)28-29(20)19-10-11-19)23(24)16-6-8-18(26)9-7-16/h3-9,12,19,23-24H,10-11,13H2,1-2H3,(H,27,31)/t23-,24-/m0/s1. The van der Waals surface area contributed by atoms with Gasteiger partial charge in [0.2, 0.25) is 0 Å². The number of hydrogen-bond donors (Lipinski definition) is 1. The molecule has 31 heavy (non-hydrogen) atoms. The molecule has 1 aromatic heterocycles. The average molecular weight is 417 g/mol. The lowest BCUT2D eigenvalue weighted by molar-refractivity contribution is -0.121. The number of amides is 1. The lowest BCUT2D eigenvalue weighted by atomic mass is 9.76. The third kappa shape index (κ3) is 3.56. The van der Waals surface area contributed by atoms with Crippen LogP contribution in [0.4, 0.5) is 4.39 Å². The number of halogens is 1. The second-order valence-corrected chi connectivity index (χ2v) is 8.61. The number of benzene rings is 2. The molecule has 2 atom stereocenters. The van der Waals surface area contributed by atoms with Crippen molar-refractivity contribution < 1.29 is 14.0 Å². The number of Topliss-reactive ketones (excluding diaryl/α,β-unsaturated/α-hetero) is 1. The van der Waals surface area contributed by atoms with Crippen molar-refractivity contribution >= 4 is 11.7 Å². The van der Waals surface area contributed by atoms with Gasteiger partial charge in [0.15, 0.2) is 5.78 Å². The summed E-state index contributed by atoms with van der Waals surface area (Å²) in [5, 5.41) is 7.72. The van der Waals surface area contributed by atoms with Gasteiger partial charge in [-0.3, -0.25) is 14.3 Å². The topological polar surface area (TPSA) is 64.0 Å². The summed E-state index contributed by atoms with van der Waals surface area (Å²) in [4.78, 5) is 26.3. The number of aryl methyl sites for hydroxylation is 2. The predicted octanol–water partition coefficient (Wildman–Crippen LogP) is 4.03. The first-order chi connectivity index (χ1) is 14.9. The molecule has 0 spiro atoms. The number of ketones is 1. The van der Waals surface area contributed by atoms with Gasteiger partial charge in [0.1, 0.15) is 5.82 Å². The molecule has 1 fully saturated rings. The summed E-state index contributed by atoms with van der Waals surface area (Å²) in [6.07, 6.45) is 2.37. The van der Waals surface area contributed by atoms with Crippen molar-refractivity contribution in [2.24, 2.45) is 0 Å². The molecule has 5 rings (SSSR count). The van der Waals surface area contributed by atoms with Crippen molar-refractivity contribution in [3.8, 4) is 0 Å². The van der Waals surface area contributed by atoms with Crippen molar-refractivity contribution in [3.63, 3.8) is 0 Å². The monoisotopic (exact) mass is 417 g/mol. The van der Waals surface area contributed by atoms with Crippen LogP contribution in [0.5, 0.6) is 0 Å². The van der Waals surface area contributed by atoms with Gasteiger partial charge >= 0.3 is 0 Å². The molecule has 1 N–H and O–H groups in total. The lowest BCUT2D eigenvalue weighted by Crippen LogP contribution is -2.48. The molecule has 5 nitrogen and oxygen atoms in total. The summed E-state index contributed by atoms with van der Waals surface area (Å²) in [5.41, 5.74) is 5.05. The molecule has 1 heterocycles. The molecule has 158 valence electrons. The Labute approximate surface area is 180 Å². The number of carbonyl (C=O) groups excluding carboxylic acids is 2. The quantitative estimate of drug-likeness (QED) is 0.697. The molecule has 0 bridgehead atoms. The average Bonchev–Trinajstić information content (AvgIpc) is 3.54. The van der Waals surface area contributed by atoms with Crippen molar-refractivity contribution in [2.75, 3.05) is 0 Å². The Hall–Kier alpha value is -3.28. The maximum absolute atomic E-state index is 13.6. The van der Waals surface area contributed by atoms with Crippen LogP contribution in [0.3, 0.4) is 0 Å². The molecule has 0 aliphatic heterocycles. The Morgan fingerprint density at radius 3 is 2.55 bits per heavy atom. The smallest absolute Gasteiger partial charge is 0.251 e. The van der Waals surface area contributed by atoms with Crippen LogP contribution in [0.1, 0.15) is 63.2 Å². The van der Waals surface area contributed by atoms with Crippen molar-refractivity contribution in [1.29, 1.82) is 0 Å². The van der Waals surface area contributed by atoms with Gasteiger partial charge in [0.05, 0.1) is 29.9 Å². The van der Waals surface area contributed by atoms with Gasteiger partial charge in [-0.15, -0.1) is 0 Å². The second kappa shape index (κ2) is 7.45. The van der Waals surface area contributed by atoms with Gasteiger partial charge in [0, 0.05) is 17.0 Å². The van der Waals surface area contributed by atoms with E-state index in [0.717, 1.165) is 40.9 Å². The fraction of sp³-hybridized carbons (Fsp3) is 0.320. The Morgan fingerprint density at radius 1 is 1.13 bits per heavy atom. The van der Waals surface area contributed by atoms with Gasteiger partial charge in [-0.1, -0.05) is 29.8 Å². The molecule has 1 amide bonds. The van der Waals surface area contributed by atoms with Crippen LogP contribution < -0.4 is 5.32 Å². The minimum Gasteiger partial charge on any atom is -0.341 e. The third-order valence-corrected chi connectivity index (χ3v) is 6.26. The largest absolute Gasteiger partial charge is 0.341 e. The Kier molecular flexibility index (Phi) is 4.73. The highest BCUT2D eigenvalue weighted by molar-refractivity contribution is 5.99. The highest BCUT2D eigenvalue weighted by Gasteiger charge is 2.43. The summed E-state index contributed by atoms with van der Waals surface area (Å²) >= 11 is 0. The highest BCUT2D eigenvalue weighted by atomic mass is 19.1. The van der Waals surface area contributed by atoms with Gasteiger partial charge in [-0.25, -0.2) is 4.39 Å². The number of fused-ring (bicyclic) bond motifs is 1. The molecule has 0 unspecified atom stereocenters. The van der Waals surface area contributed by atoms with Crippen LogP contribution in [0.15, 0.2) is 48.5 Å². The molecule has 6 heteroatoms. The molecule has 0 radical (unpaired) electrons. The fourth-order valence-electron chi connectivity index (χ4n) is 4.64. The first-order valence-electron chi connectivity index (χ1n) is 10.7. The van der Waals surface area contributed by atoms with Crippen LogP contribution in [-0.2, 0) is 11.2 Å². The Morgan fingerprint density at radius 2 is 1.87 bits per heavy atom. The number of aromatic nitrogens is 2. The SMILES string of the molecule is Cc1cccc(C(=O)N[C@H]2C(=O)Cc3c(c(C)nn3C3CC3)[C@@H]2c2ccc(F)cc2)c1. The van der Waals surface area contributed by atoms with E-state index < -0.39 is 12.0 Å². The third-order valence-electron chi connectivity index (χ3n) is 6.26. The van der Waals surface area contributed by atoms with Crippen LogP contribution >= 0.6 is 0 Å². The van der Waals surface area contributed by atoms with Gasteiger partial charge in [-0.2, -0.15) is 5.10 Å². The number of nitrogens with one attached hydrogen (secondary N) is 1. The van der Waals surface area contributed by atoms with E-state index >= 15 is 0 Å². The second-order valence-electron chi connectivity index (χ2n) is 8.61. The number of nitrogens with zero attached hydrogens (tertiary/aromatic N) is 2. The fourth-order valence-corrected chi connectivity index (χ4v) is 4.64. The van der Waals surface area contributed by atoms with E-state index in [-0.39, 0.29) is 23.9 Å². The predicted molar refractivity (Wildman–Crippen MR) is 115 cm³/mol. The summed E-state index contributed by atoms with van der Waals surface area (Å²) < 4.78 is 15.6. The zero-order valence-electron chi connectivity index (χ0n) is 17.6. The van der Waals surface area contributed by atoms with E-state index in [4.69, 9.17) is 5.10 Å². The van der Waals surface area contributed by atoms with E-state index in [2.05, 4.69) is 5.32 Å². The summed E-state index contributed by atoms with van der Waals surface area (Å²) in [6.45, 7) is 3.87. The maximum atomic E-state index is 13.6. The van der Waals surface area contributed by atoms with Crippen LogP contribution in [0, 0.1) is 19.7 Å². The number of hydrogen-bond acceptors (Lipinski definition) is 3. The van der Waals surface area contributed by atoms with Gasteiger partial charge in [-0.05, 0) is 56.5 Å². The van der Waals surface area contributed by atoms with E-state index in [1.807, 2.05) is 30.7 Å². The van der Waals surface area contributed by atoms with E-state index in [0.29, 0.717) is 11.6 Å². The lowest BCUT2D eigenvalue weighted by Gasteiger charge is -2.32. The minimum atomic E-state index is -0.735. The molecule has 3 aromatic rings. The van der Waals surface area contributed by atoms with E-state index in [1.165, 1.54) is 12.1 Å². The Balaban J connectivity index is 1.58. The molecular weight excluding hydrogens is 393 g/mol. The number of rotatable bonds is 4. The van der Waals surface area contributed by atoms with Crippen LogP contribution in [0.25, 0.3) is 0 Å². The molecule has 2 aromatic carbocycles. The zero-order chi connectivity index (χ0) is 21.7. The van der Waals surface area contributed by atoms with E-state index in [9.17, 15) is 14.0 Å². The minimum absolute atomic E-state index is 0.0513. The summed E-state index contributed by atoms with van der Waals surface area (Å²) in [5.74, 6) is -1.08. The van der Waals surface area contributed by atoms with Crippen LogP contribution in [0.2, 0.25) is 0 Å². The molecule has 2 aliphatic rings. The maximum Gasteiger partial charge on any atom is 0.251 e.